The van der Waals surface area contributed by atoms with Crippen molar-refractivity contribution in [3.05, 3.63) is 40.3 Å². The number of nitrogens with two attached hydrogens (primary N) is 1. The Bertz CT molecular complexity index is 636. The second kappa shape index (κ2) is 4.42. The summed E-state index contributed by atoms with van der Waals surface area (Å²) < 4.78 is 15.2. The third kappa shape index (κ3) is 1.86. The Morgan fingerprint density at radius 2 is 2.17 bits per heavy atom. The Morgan fingerprint density at radius 1 is 1.50 bits per heavy atom. The van der Waals surface area contributed by atoms with Crippen LogP contribution in [-0.4, -0.2) is 15.6 Å². The van der Waals surface area contributed by atoms with Crippen LogP contribution >= 0.6 is 11.6 Å². The summed E-state index contributed by atoms with van der Waals surface area (Å²) in [6.45, 7) is 3.04. The van der Waals surface area contributed by atoms with Crippen LogP contribution in [0.4, 0.5) is 10.2 Å². The molecule has 4 nitrogen and oxygen atoms in total. The molecule has 0 amide bonds. The van der Waals surface area contributed by atoms with Crippen LogP contribution in [0.15, 0.2) is 18.2 Å². The highest BCUT2D eigenvalue weighted by Crippen LogP contribution is 2.25. The van der Waals surface area contributed by atoms with Gasteiger partial charge in [0, 0.05) is 0 Å². The van der Waals surface area contributed by atoms with Gasteiger partial charge in [-0.3, -0.25) is 4.79 Å². The van der Waals surface area contributed by atoms with E-state index in [2.05, 4.69) is 5.10 Å². The predicted molar refractivity (Wildman–Crippen MR) is 67.7 cm³/mol. The van der Waals surface area contributed by atoms with Crippen LogP contribution in [-0.2, 0) is 0 Å². The summed E-state index contributed by atoms with van der Waals surface area (Å²) in [5.74, 6) is -0.724. The largest absolute Gasteiger partial charge is 0.382 e. The first kappa shape index (κ1) is 12.6. The third-order valence-corrected chi connectivity index (χ3v) is 2.95. The van der Waals surface area contributed by atoms with Gasteiger partial charge in [0.05, 0.1) is 16.3 Å². The van der Waals surface area contributed by atoms with E-state index in [9.17, 15) is 9.18 Å². The van der Waals surface area contributed by atoms with Gasteiger partial charge in [-0.25, -0.2) is 9.07 Å². The number of benzene rings is 1. The third-order valence-electron chi connectivity index (χ3n) is 2.65. The molecule has 0 spiro atoms. The normalized spacial score (nSPS) is 10.7. The molecule has 0 aliphatic carbocycles. The van der Waals surface area contributed by atoms with Gasteiger partial charge in [-0.1, -0.05) is 17.7 Å². The summed E-state index contributed by atoms with van der Waals surface area (Å²) in [7, 11) is 0. The SMILES string of the molecule is CC(=O)c1c(N)nn(-c2cccc(Cl)c2F)c1C. The fraction of sp³-hybridized carbons (Fsp3) is 0.167. The molecule has 1 aromatic carbocycles. The Kier molecular flexibility index (Phi) is 3.09. The van der Waals surface area contributed by atoms with Crippen LogP contribution in [0, 0.1) is 12.7 Å². The van der Waals surface area contributed by atoms with E-state index in [0.717, 1.165) is 0 Å². The predicted octanol–water partition coefficient (Wildman–Crippen LogP) is 2.76. The van der Waals surface area contributed by atoms with Crippen molar-refractivity contribution >= 4 is 23.2 Å². The minimum atomic E-state index is -0.597. The van der Waals surface area contributed by atoms with Crippen molar-refractivity contribution in [1.82, 2.24) is 9.78 Å². The summed E-state index contributed by atoms with van der Waals surface area (Å²) in [6, 6.07) is 4.56. The molecule has 0 atom stereocenters. The first-order valence-corrected chi connectivity index (χ1v) is 5.61. The standard InChI is InChI=1S/C12H11ClFN3O/c1-6-10(7(2)18)12(15)16-17(6)9-5-3-4-8(13)11(9)14/h3-5H,1-2H3,(H2,15,16). The summed E-state index contributed by atoms with van der Waals surface area (Å²) in [5.41, 5.74) is 6.61. The number of ketones is 1. The molecule has 2 aromatic rings. The van der Waals surface area contributed by atoms with E-state index >= 15 is 0 Å². The van der Waals surface area contributed by atoms with Crippen LogP contribution < -0.4 is 5.73 Å². The topological polar surface area (TPSA) is 60.9 Å². The summed E-state index contributed by atoms with van der Waals surface area (Å²) in [5, 5.41) is 3.97. The molecular formula is C12H11ClFN3O. The number of hydrogen-bond acceptors (Lipinski definition) is 3. The highest BCUT2D eigenvalue weighted by atomic mass is 35.5. The zero-order chi connectivity index (χ0) is 13.4. The van der Waals surface area contributed by atoms with Crippen molar-refractivity contribution < 1.29 is 9.18 Å². The maximum atomic E-state index is 13.9. The smallest absolute Gasteiger partial charge is 0.167 e. The minimum Gasteiger partial charge on any atom is -0.382 e. The number of rotatable bonds is 2. The zero-order valence-electron chi connectivity index (χ0n) is 9.87. The first-order chi connectivity index (χ1) is 8.43. The highest BCUT2D eigenvalue weighted by Gasteiger charge is 2.19. The average Bonchev–Trinajstić information content (AvgIpc) is 2.58. The number of carbonyl (C=O) groups excluding carboxylic acids is 1. The van der Waals surface area contributed by atoms with Gasteiger partial charge in [0.25, 0.3) is 0 Å². The molecule has 0 aliphatic heterocycles. The number of nitrogen functional groups attached to an aromatic ring is 1. The van der Waals surface area contributed by atoms with Crippen LogP contribution in [0.1, 0.15) is 23.0 Å². The van der Waals surface area contributed by atoms with E-state index in [-0.39, 0.29) is 22.3 Å². The van der Waals surface area contributed by atoms with Gasteiger partial charge in [0.1, 0.15) is 5.69 Å². The van der Waals surface area contributed by atoms with Gasteiger partial charge in [0.2, 0.25) is 0 Å². The van der Waals surface area contributed by atoms with Crippen molar-refractivity contribution in [2.24, 2.45) is 0 Å². The monoisotopic (exact) mass is 267 g/mol. The molecule has 2 rings (SSSR count). The van der Waals surface area contributed by atoms with E-state index in [4.69, 9.17) is 17.3 Å². The molecule has 1 aromatic heterocycles. The maximum Gasteiger partial charge on any atom is 0.167 e. The van der Waals surface area contributed by atoms with E-state index < -0.39 is 5.82 Å². The van der Waals surface area contributed by atoms with Gasteiger partial charge in [-0.15, -0.1) is 5.10 Å². The Hall–Kier alpha value is -1.88. The minimum absolute atomic E-state index is 0.00894. The van der Waals surface area contributed by atoms with Crippen LogP contribution in [0.2, 0.25) is 5.02 Å². The average molecular weight is 268 g/mol. The molecule has 0 radical (unpaired) electrons. The number of nitrogens with zero attached hydrogens (tertiary/aromatic N) is 2. The van der Waals surface area contributed by atoms with Gasteiger partial charge < -0.3 is 5.73 Å². The quantitative estimate of drug-likeness (QED) is 0.851. The van der Waals surface area contributed by atoms with E-state index in [1.807, 2.05) is 0 Å². The first-order valence-electron chi connectivity index (χ1n) is 5.24. The van der Waals surface area contributed by atoms with Crippen molar-refractivity contribution in [3.8, 4) is 5.69 Å². The highest BCUT2D eigenvalue weighted by molar-refractivity contribution is 6.30. The van der Waals surface area contributed by atoms with E-state index in [1.54, 1.807) is 13.0 Å². The number of carbonyl (C=O) groups is 1. The molecule has 0 aliphatic rings. The Balaban J connectivity index is 2.69. The lowest BCUT2D eigenvalue weighted by molar-refractivity contribution is 0.101. The molecule has 18 heavy (non-hydrogen) atoms. The number of anilines is 1. The molecule has 6 heteroatoms. The Morgan fingerprint density at radius 3 is 2.72 bits per heavy atom. The number of hydrogen-bond donors (Lipinski definition) is 1. The fourth-order valence-electron chi connectivity index (χ4n) is 1.85. The Labute approximate surface area is 108 Å². The molecule has 2 N–H and O–H groups in total. The molecule has 0 fully saturated rings. The van der Waals surface area contributed by atoms with Crippen LogP contribution in [0.5, 0.6) is 0 Å². The van der Waals surface area contributed by atoms with Crippen LogP contribution in [0.25, 0.3) is 5.69 Å². The lowest BCUT2D eigenvalue weighted by Crippen LogP contribution is -2.03. The van der Waals surface area contributed by atoms with Crippen molar-refractivity contribution in [2.75, 3.05) is 5.73 Å². The van der Waals surface area contributed by atoms with Gasteiger partial charge in [-0.05, 0) is 26.0 Å². The number of Topliss-reactive ketones (excluding diaryl/α,β-unsaturated/α-hetero) is 1. The van der Waals surface area contributed by atoms with Gasteiger partial charge in [-0.2, -0.15) is 0 Å². The van der Waals surface area contributed by atoms with E-state index in [0.29, 0.717) is 11.3 Å². The molecular weight excluding hydrogens is 257 g/mol. The lowest BCUT2D eigenvalue weighted by Gasteiger charge is -2.06. The van der Waals surface area contributed by atoms with Gasteiger partial charge in [0.15, 0.2) is 17.4 Å². The van der Waals surface area contributed by atoms with Crippen LogP contribution in [0.3, 0.4) is 0 Å². The maximum absolute atomic E-state index is 13.9. The van der Waals surface area contributed by atoms with Gasteiger partial charge >= 0.3 is 0 Å². The van der Waals surface area contributed by atoms with E-state index in [1.165, 1.54) is 23.7 Å². The lowest BCUT2D eigenvalue weighted by atomic mass is 10.1. The number of aromatic nitrogens is 2. The summed E-state index contributed by atoms with van der Waals surface area (Å²) in [6.07, 6.45) is 0. The summed E-state index contributed by atoms with van der Waals surface area (Å²) >= 11 is 5.71. The second-order valence-corrected chi connectivity index (χ2v) is 4.29. The van der Waals surface area contributed by atoms with Crippen molar-refractivity contribution in [1.29, 1.82) is 0 Å². The summed E-state index contributed by atoms with van der Waals surface area (Å²) in [4.78, 5) is 11.4. The molecule has 0 saturated carbocycles. The molecule has 94 valence electrons. The fourth-order valence-corrected chi connectivity index (χ4v) is 2.02. The molecule has 0 saturated heterocycles. The molecule has 1 heterocycles. The van der Waals surface area contributed by atoms with Crippen molar-refractivity contribution in [2.45, 2.75) is 13.8 Å². The zero-order valence-corrected chi connectivity index (χ0v) is 10.6. The van der Waals surface area contributed by atoms with Crippen molar-refractivity contribution in [3.63, 3.8) is 0 Å². The number of halogens is 2. The molecule has 0 bridgehead atoms. The second-order valence-electron chi connectivity index (χ2n) is 3.89. The molecule has 0 unspecified atom stereocenters.